The van der Waals surface area contributed by atoms with Gasteiger partial charge in [0.1, 0.15) is 0 Å². The Balaban J connectivity index is 2.31. The fourth-order valence-corrected chi connectivity index (χ4v) is 1.50. The average Bonchev–Trinajstić information content (AvgIpc) is 2.76. The van der Waals surface area contributed by atoms with E-state index in [9.17, 15) is 4.79 Å². The lowest BCUT2D eigenvalue weighted by atomic mass is 10.1. The number of hydrogen-bond acceptors (Lipinski definition) is 3. The summed E-state index contributed by atoms with van der Waals surface area (Å²) in [5.74, 6) is -0.0316. The normalized spacial score (nSPS) is 10.4. The second-order valence-corrected chi connectivity index (χ2v) is 3.66. The molecular formula is C12H13N3O. The van der Waals surface area contributed by atoms with Crippen LogP contribution in [0.4, 0.5) is 0 Å². The standard InChI is InChI=1S/C12H13N3O/c1-3-15-8-11(7-14-15)12(16)10-4-9(2)5-13-6-10/h4-8H,3H2,1-2H3. The van der Waals surface area contributed by atoms with Crippen LogP contribution in [0.1, 0.15) is 28.4 Å². The number of pyridine rings is 1. The average molecular weight is 215 g/mol. The van der Waals surface area contributed by atoms with Crippen molar-refractivity contribution in [3.8, 4) is 0 Å². The molecular weight excluding hydrogens is 202 g/mol. The Morgan fingerprint density at radius 2 is 2.12 bits per heavy atom. The van der Waals surface area contributed by atoms with Crippen molar-refractivity contribution >= 4 is 5.78 Å². The fourth-order valence-electron chi connectivity index (χ4n) is 1.50. The van der Waals surface area contributed by atoms with E-state index >= 15 is 0 Å². The summed E-state index contributed by atoms with van der Waals surface area (Å²) in [5, 5.41) is 4.08. The maximum Gasteiger partial charge on any atom is 0.197 e. The van der Waals surface area contributed by atoms with Crippen molar-refractivity contribution in [3.05, 3.63) is 47.5 Å². The molecule has 0 aliphatic rings. The highest BCUT2D eigenvalue weighted by atomic mass is 16.1. The molecule has 0 atom stereocenters. The van der Waals surface area contributed by atoms with Gasteiger partial charge in [-0.2, -0.15) is 5.10 Å². The number of carbonyl (C=O) groups is 1. The van der Waals surface area contributed by atoms with Gasteiger partial charge in [-0.3, -0.25) is 14.5 Å². The molecule has 0 saturated heterocycles. The van der Waals surface area contributed by atoms with Crippen molar-refractivity contribution in [2.24, 2.45) is 0 Å². The lowest BCUT2D eigenvalue weighted by molar-refractivity contribution is 0.103. The van der Waals surface area contributed by atoms with E-state index in [1.165, 1.54) is 0 Å². The third kappa shape index (κ3) is 2.00. The summed E-state index contributed by atoms with van der Waals surface area (Å²) < 4.78 is 1.73. The first-order valence-electron chi connectivity index (χ1n) is 5.19. The van der Waals surface area contributed by atoms with E-state index < -0.39 is 0 Å². The highest BCUT2D eigenvalue weighted by Gasteiger charge is 2.11. The van der Waals surface area contributed by atoms with Gasteiger partial charge < -0.3 is 0 Å². The molecule has 0 fully saturated rings. The smallest absolute Gasteiger partial charge is 0.197 e. The molecule has 0 saturated carbocycles. The number of ketones is 1. The summed E-state index contributed by atoms with van der Waals surface area (Å²) >= 11 is 0. The van der Waals surface area contributed by atoms with E-state index in [4.69, 9.17) is 0 Å². The highest BCUT2D eigenvalue weighted by Crippen LogP contribution is 2.09. The Morgan fingerprint density at radius 1 is 1.31 bits per heavy atom. The van der Waals surface area contributed by atoms with Crippen LogP contribution in [-0.4, -0.2) is 20.5 Å². The quantitative estimate of drug-likeness (QED) is 0.734. The molecule has 0 aliphatic carbocycles. The van der Waals surface area contributed by atoms with Gasteiger partial charge in [-0.1, -0.05) is 0 Å². The van der Waals surface area contributed by atoms with E-state index in [1.807, 2.05) is 19.9 Å². The van der Waals surface area contributed by atoms with Crippen LogP contribution in [0, 0.1) is 6.92 Å². The molecule has 0 bridgehead atoms. The van der Waals surface area contributed by atoms with Crippen molar-refractivity contribution in [3.63, 3.8) is 0 Å². The Hall–Kier alpha value is -1.97. The minimum absolute atomic E-state index is 0.0316. The van der Waals surface area contributed by atoms with Crippen LogP contribution in [0.15, 0.2) is 30.9 Å². The fraction of sp³-hybridized carbons (Fsp3) is 0.250. The SMILES string of the molecule is CCn1cc(C(=O)c2cncc(C)c2)cn1. The van der Waals surface area contributed by atoms with Gasteiger partial charge in [0.05, 0.1) is 11.8 Å². The van der Waals surface area contributed by atoms with E-state index in [-0.39, 0.29) is 5.78 Å². The van der Waals surface area contributed by atoms with Crippen LogP contribution in [0.2, 0.25) is 0 Å². The first-order chi connectivity index (χ1) is 7.70. The molecule has 0 spiro atoms. The van der Waals surface area contributed by atoms with Crippen molar-refractivity contribution in [2.75, 3.05) is 0 Å². The van der Waals surface area contributed by atoms with Crippen LogP contribution in [-0.2, 0) is 6.54 Å². The van der Waals surface area contributed by atoms with Crippen LogP contribution in [0.3, 0.4) is 0 Å². The molecule has 0 aromatic carbocycles. The van der Waals surface area contributed by atoms with Crippen molar-refractivity contribution < 1.29 is 4.79 Å². The topological polar surface area (TPSA) is 47.8 Å². The van der Waals surface area contributed by atoms with Crippen molar-refractivity contribution in [2.45, 2.75) is 20.4 Å². The van der Waals surface area contributed by atoms with Gasteiger partial charge in [-0.15, -0.1) is 0 Å². The van der Waals surface area contributed by atoms with E-state index in [0.717, 1.165) is 12.1 Å². The molecule has 0 N–H and O–H groups in total. The summed E-state index contributed by atoms with van der Waals surface area (Å²) in [6, 6.07) is 1.83. The van der Waals surface area contributed by atoms with Crippen LogP contribution >= 0.6 is 0 Å². The molecule has 0 radical (unpaired) electrons. The first-order valence-corrected chi connectivity index (χ1v) is 5.19. The predicted octanol–water partition coefficient (Wildman–Crippen LogP) is 1.84. The lowest BCUT2D eigenvalue weighted by Gasteiger charge is -1.98. The molecule has 0 unspecified atom stereocenters. The van der Waals surface area contributed by atoms with Crippen LogP contribution in [0.25, 0.3) is 0 Å². The van der Waals surface area contributed by atoms with Crippen LogP contribution in [0.5, 0.6) is 0 Å². The zero-order valence-corrected chi connectivity index (χ0v) is 9.34. The maximum absolute atomic E-state index is 12.0. The number of aryl methyl sites for hydroxylation is 2. The Kier molecular flexibility index (Phi) is 2.81. The van der Waals surface area contributed by atoms with Gasteiger partial charge in [0, 0.05) is 30.7 Å². The largest absolute Gasteiger partial charge is 0.288 e. The molecule has 4 nitrogen and oxygen atoms in total. The van der Waals surface area contributed by atoms with Crippen molar-refractivity contribution in [1.29, 1.82) is 0 Å². The highest BCUT2D eigenvalue weighted by molar-refractivity contribution is 6.08. The monoisotopic (exact) mass is 215 g/mol. The summed E-state index contributed by atoms with van der Waals surface area (Å²) in [5.41, 5.74) is 2.19. The minimum Gasteiger partial charge on any atom is -0.288 e. The summed E-state index contributed by atoms with van der Waals surface area (Å²) in [6.07, 6.45) is 6.66. The zero-order valence-electron chi connectivity index (χ0n) is 9.34. The second-order valence-electron chi connectivity index (χ2n) is 3.66. The molecule has 2 aromatic rings. The van der Waals surface area contributed by atoms with Gasteiger partial charge in [0.25, 0.3) is 0 Å². The number of hydrogen-bond donors (Lipinski definition) is 0. The maximum atomic E-state index is 12.0. The van der Waals surface area contributed by atoms with Gasteiger partial charge in [-0.05, 0) is 25.5 Å². The Morgan fingerprint density at radius 3 is 2.75 bits per heavy atom. The predicted molar refractivity (Wildman–Crippen MR) is 60.3 cm³/mol. The van der Waals surface area contributed by atoms with E-state index in [0.29, 0.717) is 11.1 Å². The molecule has 2 aromatic heterocycles. The van der Waals surface area contributed by atoms with E-state index in [2.05, 4.69) is 10.1 Å². The van der Waals surface area contributed by atoms with Crippen molar-refractivity contribution in [1.82, 2.24) is 14.8 Å². The number of rotatable bonds is 3. The second kappa shape index (κ2) is 4.26. The van der Waals surface area contributed by atoms with Gasteiger partial charge in [0.15, 0.2) is 5.78 Å². The van der Waals surface area contributed by atoms with Gasteiger partial charge >= 0.3 is 0 Å². The number of nitrogens with zero attached hydrogens (tertiary/aromatic N) is 3. The molecule has 4 heteroatoms. The van der Waals surface area contributed by atoms with E-state index in [1.54, 1.807) is 29.5 Å². The van der Waals surface area contributed by atoms with Gasteiger partial charge in [-0.25, -0.2) is 0 Å². The molecule has 82 valence electrons. The molecule has 0 aliphatic heterocycles. The molecule has 2 heterocycles. The summed E-state index contributed by atoms with van der Waals surface area (Å²) in [7, 11) is 0. The molecule has 0 amide bonds. The van der Waals surface area contributed by atoms with Gasteiger partial charge in [0.2, 0.25) is 0 Å². The number of aromatic nitrogens is 3. The number of carbonyl (C=O) groups excluding carboxylic acids is 1. The third-order valence-electron chi connectivity index (χ3n) is 2.36. The summed E-state index contributed by atoms with van der Waals surface area (Å²) in [4.78, 5) is 16.0. The minimum atomic E-state index is -0.0316. The first kappa shape index (κ1) is 10.5. The zero-order chi connectivity index (χ0) is 11.5. The Labute approximate surface area is 93.9 Å². The summed E-state index contributed by atoms with van der Waals surface area (Å²) in [6.45, 7) is 4.66. The molecule has 2 rings (SSSR count). The van der Waals surface area contributed by atoms with Crippen LogP contribution < -0.4 is 0 Å². The lowest BCUT2D eigenvalue weighted by Crippen LogP contribution is -2.01. The Bertz CT molecular complexity index is 516. The third-order valence-corrected chi connectivity index (χ3v) is 2.36. The molecule has 16 heavy (non-hydrogen) atoms.